The van der Waals surface area contributed by atoms with Crippen molar-refractivity contribution in [2.45, 2.75) is 16.7 Å². The molecule has 5 heteroatoms. The van der Waals surface area contributed by atoms with Crippen LogP contribution < -0.4 is 5.73 Å². The maximum absolute atomic E-state index is 8.65. The molecule has 0 heterocycles. The fraction of sp³-hybridized carbons (Fsp3) is 0.0714. The fourth-order valence-electron chi connectivity index (χ4n) is 1.61. The van der Waals surface area contributed by atoms with E-state index in [0.29, 0.717) is 5.56 Å². The highest BCUT2D eigenvalue weighted by molar-refractivity contribution is 7.99. The first-order chi connectivity index (χ1) is 9.10. The Morgan fingerprint density at radius 3 is 2.47 bits per heavy atom. The van der Waals surface area contributed by atoms with E-state index in [4.69, 9.17) is 22.5 Å². The standard InChI is InChI=1S/C14H13ClN2OS/c1-9-8-10(14(16)17-18)2-7-13(9)19-12-5-3-11(15)4-6-12/h2-8,18H,1H3,(H2,16,17). The van der Waals surface area contributed by atoms with Gasteiger partial charge in [0.2, 0.25) is 0 Å². The smallest absolute Gasteiger partial charge is 0.170 e. The molecule has 0 atom stereocenters. The molecule has 0 radical (unpaired) electrons. The van der Waals surface area contributed by atoms with Gasteiger partial charge in [-0.15, -0.1) is 0 Å². The maximum Gasteiger partial charge on any atom is 0.170 e. The molecule has 0 spiro atoms. The lowest BCUT2D eigenvalue weighted by Gasteiger charge is -2.07. The van der Waals surface area contributed by atoms with Crippen LogP contribution in [0.25, 0.3) is 0 Å². The summed E-state index contributed by atoms with van der Waals surface area (Å²) in [7, 11) is 0. The molecular formula is C14H13ClN2OS. The molecule has 0 fully saturated rings. The lowest BCUT2D eigenvalue weighted by Crippen LogP contribution is -2.13. The second-order valence-electron chi connectivity index (χ2n) is 4.02. The summed E-state index contributed by atoms with van der Waals surface area (Å²) in [6.07, 6.45) is 0. The number of nitrogens with two attached hydrogens (primary N) is 1. The quantitative estimate of drug-likeness (QED) is 0.390. The van der Waals surface area contributed by atoms with Gasteiger partial charge in [0.1, 0.15) is 0 Å². The SMILES string of the molecule is Cc1cc(/C(N)=N/O)ccc1Sc1ccc(Cl)cc1. The van der Waals surface area contributed by atoms with Gasteiger partial charge in [0.05, 0.1) is 0 Å². The van der Waals surface area contributed by atoms with Crippen molar-refractivity contribution in [2.24, 2.45) is 10.9 Å². The zero-order valence-electron chi connectivity index (χ0n) is 10.3. The van der Waals surface area contributed by atoms with Crippen molar-refractivity contribution in [3.63, 3.8) is 0 Å². The highest BCUT2D eigenvalue weighted by atomic mass is 35.5. The zero-order chi connectivity index (χ0) is 13.8. The molecule has 98 valence electrons. The molecule has 0 aliphatic heterocycles. The average molecular weight is 293 g/mol. The van der Waals surface area contributed by atoms with Crippen molar-refractivity contribution >= 4 is 29.2 Å². The fourth-order valence-corrected chi connectivity index (χ4v) is 2.62. The molecule has 0 amide bonds. The lowest BCUT2D eigenvalue weighted by atomic mass is 10.1. The average Bonchev–Trinajstić information content (AvgIpc) is 2.42. The molecule has 0 saturated carbocycles. The van der Waals surface area contributed by atoms with E-state index in [0.717, 1.165) is 20.4 Å². The Morgan fingerprint density at radius 1 is 1.21 bits per heavy atom. The number of rotatable bonds is 3. The normalized spacial score (nSPS) is 11.6. The van der Waals surface area contributed by atoms with Gasteiger partial charge in [-0.25, -0.2) is 0 Å². The molecule has 2 aromatic carbocycles. The van der Waals surface area contributed by atoms with E-state index >= 15 is 0 Å². The Morgan fingerprint density at radius 2 is 1.89 bits per heavy atom. The topological polar surface area (TPSA) is 58.6 Å². The van der Waals surface area contributed by atoms with E-state index in [1.165, 1.54) is 0 Å². The molecule has 0 aliphatic carbocycles. The van der Waals surface area contributed by atoms with Gasteiger partial charge in [0.25, 0.3) is 0 Å². The van der Waals surface area contributed by atoms with Crippen molar-refractivity contribution in [3.05, 3.63) is 58.6 Å². The Balaban J connectivity index is 2.24. The molecule has 0 saturated heterocycles. The second kappa shape index (κ2) is 5.99. The number of halogens is 1. The molecule has 0 bridgehead atoms. The highest BCUT2D eigenvalue weighted by Gasteiger charge is 2.05. The molecule has 0 unspecified atom stereocenters. The van der Waals surface area contributed by atoms with Crippen LogP contribution in [0.15, 0.2) is 57.4 Å². The first kappa shape index (κ1) is 13.8. The highest BCUT2D eigenvalue weighted by Crippen LogP contribution is 2.31. The summed E-state index contributed by atoms with van der Waals surface area (Å²) in [5.74, 6) is 0.117. The van der Waals surface area contributed by atoms with Crippen molar-refractivity contribution in [3.8, 4) is 0 Å². The van der Waals surface area contributed by atoms with Gasteiger partial charge in [-0.3, -0.25) is 0 Å². The van der Waals surface area contributed by atoms with Gasteiger partial charge in [-0.2, -0.15) is 0 Å². The number of oxime groups is 1. The summed E-state index contributed by atoms with van der Waals surface area (Å²) in [5.41, 5.74) is 7.34. The number of benzene rings is 2. The van der Waals surface area contributed by atoms with Crippen LogP contribution in [-0.4, -0.2) is 11.0 Å². The molecule has 19 heavy (non-hydrogen) atoms. The third-order valence-electron chi connectivity index (χ3n) is 2.62. The number of amidine groups is 1. The summed E-state index contributed by atoms with van der Waals surface area (Å²) in [6.45, 7) is 1.99. The Bertz CT molecular complexity index is 611. The number of aryl methyl sites for hydroxylation is 1. The van der Waals surface area contributed by atoms with E-state index in [1.54, 1.807) is 11.8 Å². The Hall–Kier alpha value is -1.65. The van der Waals surface area contributed by atoms with Gasteiger partial charge in [0, 0.05) is 20.4 Å². The van der Waals surface area contributed by atoms with Gasteiger partial charge >= 0.3 is 0 Å². The van der Waals surface area contributed by atoms with Crippen molar-refractivity contribution in [2.75, 3.05) is 0 Å². The lowest BCUT2D eigenvalue weighted by molar-refractivity contribution is 0.318. The maximum atomic E-state index is 8.65. The Labute approximate surface area is 121 Å². The first-order valence-electron chi connectivity index (χ1n) is 5.62. The van der Waals surface area contributed by atoms with Crippen LogP contribution in [-0.2, 0) is 0 Å². The van der Waals surface area contributed by atoms with Gasteiger partial charge in [-0.1, -0.05) is 34.6 Å². The van der Waals surface area contributed by atoms with Crippen LogP contribution in [0.2, 0.25) is 5.02 Å². The minimum absolute atomic E-state index is 0.117. The summed E-state index contributed by atoms with van der Waals surface area (Å²) >= 11 is 7.51. The molecular weight excluding hydrogens is 280 g/mol. The summed E-state index contributed by atoms with van der Waals surface area (Å²) in [5, 5.41) is 12.4. The van der Waals surface area contributed by atoms with E-state index in [2.05, 4.69) is 5.16 Å². The third-order valence-corrected chi connectivity index (χ3v) is 4.06. The molecule has 3 nitrogen and oxygen atoms in total. The van der Waals surface area contributed by atoms with Gasteiger partial charge in [-0.05, 0) is 48.9 Å². The number of hydrogen-bond donors (Lipinski definition) is 2. The van der Waals surface area contributed by atoms with Crippen LogP contribution in [0.3, 0.4) is 0 Å². The third kappa shape index (κ3) is 3.43. The van der Waals surface area contributed by atoms with E-state index in [9.17, 15) is 0 Å². The predicted octanol–water partition coefficient (Wildman–Crippen LogP) is 3.89. The van der Waals surface area contributed by atoms with Crippen molar-refractivity contribution < 1.29 is 5.21 Å². The molecule has 0 aliphatic rings. The van der Waals surface area contributed by atoms with Crippen LogP contribution >= 0.6 is 23.4 Å². The monoisotopic (exact) mass is 292 g/mol. The summed E-state index contributed by atoms with van der Waals surface area (Å²) < 4.78 is 0. The molecule has 0 aromatic heterocycles. The van der Waals surface area contributed by atoms with E-state index in [1.807, 2.05) is 49.4 Å². The molecule has 3 N–H and O–H groups in total. The van der Waals surface area contributed by atoms with Crippen LogP contribution in [0, 0.1) is 6.92 Å². The largest absolute Gasteiger partial charge is 0.409 e. The van der Waals surface area contributed by atoms with Crippen LogP contribution in [0.1, 0.15) is 11.1 Å². The minimum atomic E-state index is 0.117. The summed E-state index contributed by atoms with van der Waals surface area (Å²) in [6, 6.07) is 13.4. The van der Waals surface area contributed by atoms with Gasteiger partial charge < -0.3 is 10.9 Å². The van der Waals surface area contributed by atoms with Crippen LogP contribution in [0.4, 0.5) is 0 Å². The van der Waals surface area contributed by atoms with Crippen molar-refractivity contribution in [1.82, 2.24) is 0 Å². The second-order valence-corrected chi connectivity index (χ2v) is 5.57. The van der Waals surface area contributed by atoms with E-state index < -0.39 is 0 Å². The first-order valence-corrected chi connectivity index (χ1v) is 6.81. The molecule has 2 rings (SSSR count). The number of nitrogens with zero attached hydrogens (tertiary/aromatic N) is 1. The van der Waals surface area contributed by atoms with Gasteiger partial charge in [0.15, 0.2) is 5.84 Å². The minimum Gasteiger partial charge on any atom is -0.409 e. The predicted molar refractivity (Wildman–Crippen MR) is 79.3 cm³/mol. The summed E-state index contributed by atoms with van der Waals surface area (Å²) in [4.78, 5) is 2.24. The molecule has 2 aromatic rings. The van der Waals surface area contributed by atoms with E-state index in [-0.39, 0.29) is 5.84 Å². The number of hydrogen-bond acceptors (Lipinski definition) is 3. The zero-order valence-corrected chi connectivity index (χ0v) is 11.9. The van der Waals surface area contributed by atoms with Crippen molar-refractivity contribution in [1.29, 1.82) is 0 Å². The van der Waals surface area contributed by atoms with Crippen LogP contribution in [0.5, 0.6) is 0 Å². The Kier molecular flexibility index (Phi) is 4.35.